The summed E-state index contributed by atoms with van der Waals surface area (Å²) in [6.45, 7) is 0. The highest BCUT2D eigenvalue weighted by Gasteiger charge is 2.34. The highest BCUT2D eigenvalue weighted by Crippen LogP contribution is 2.39. The summed E-state index contributed by atoms with van der Waals surface area (Å²) >= 11 is 12.9. The third-order valence-electron chi connectivity index (χ3n) is 3.58. The van der Waals surface area contributed by atoms with Gasteiger partial charge in [0.05, 0.1) is 23.4 Å². The number of amides is 1. The lowest BCUT2D eigenvalue weighted by Crippen LogP contribution is -2.16. The van der Waals surface area contributed by atoms with Crippen molar-refractivity contribution in [3.8, 4) is 5.75 Å². The van der Waals surface area contributed by atoms with Gasteiger partial charge in [0.25, 0.3) is 5.91 Å². The normalized spacial score (nSPS) is 11.6. The number of anilines is 1. The minimum absolute atomic E-state index is 0.0812. The number of nitrogens with one attached hydrogen (secondary N) is 1. The fourth-order valence-corrected chi connectivity index (χ4v) is 3.97. The van der Waals surface area contributed by atoms with Crippen molar-refractivity contribution >= 4 is 56.2 Å². The molecule has 3 aromatic rings. The predicted molar refractivity (Wildman–Crippen MR) is 97.8 cm³/mol. The molecule has 0 aliphatic carbocycles. The quantitative estimate of drug-likeness (QED) is 0.526. The van der Waals surface area contributed by atoms with Crippen molar-refractivity contribution < 1.29 is 22.7 Å². The number of halogens is 5. The molecule has 0 aliphatic rings. The van der Waals surface area contributed by atoms with Crippen LogP contribution in [0.5, 0.6) is 5.75 Å². The molecule has 3 rings (SSSR count). The zero-order chi connectivity index (χ0) is 19.1. The third kappa shape index (κ3) is 3.60. The molecule has 0 saturated carbocycles. The zero-order valence-corrected chi connectivity index (χ0v) is 15.4. The molecule has 0 radical (unpaired) electrons. The fourth-order valence-electron chi connectivity index (χ4n) is 2.36. The Morgan fingerprint density at radius 1 is 1.15 bits per heavy atom. The van der Waals surface area contributed by atoms with Crippen LogP contribution < -0.4 is 10.1 Å². The number of rotatable bonds is 3. The Bertz CT molecular complexity index is 1000. The smallest absolute Gasteiger partial charge is 0.418 e. The Morgan fingerprint density at radius 2 is 1.88 bits per heavy atom. The lowest BCUT2D eigenvalue weighted by Gasteiger charge is -2.13. The van der Waals surface area contributed by atoms with E-state index >= 15 is 0 Å². The van der Waals surface area contributed by atoms with E-state index in [1.54, 1.807) is 18.2 Å². The number of alkyl halides is 3. The van der Waals surface area contributed by atoms with Crippen LogP contribution in [0, 0.1) is 0 Å². The van der Waals surface area contributed by atoms with E-state index in [1.807, 2.05) is 0 Å². The van der Waals surface area contributed by atoms with Crippen LogP contribution in [0.3, 0.4) is 0 Å². The van der Waals surface area contributed by atoms with Crippen molar-refractivity contribution in [2.75, 3.05) is 12.4 Å². The van der Waals surface area contributed by atoms with E-state index in [2.05, 4.69) is 5.32 Å². The standard InChI is InChI=1S/C17H10Cl2F3NO2S/c1-25-9-3-4-10-13(7-9)26-15(14(10)19)16(24)23-12-5-2-8(18)6-11(12)17(20,21)22/h2-7H,1H3,(H,23,24). The SMILES string of the molecule is COc1ccc2c(Cl)c(C(=O)Nc3ccc(Cl)cc3C(F)(F)F)sc2c1. The lowest BCUT2D eigenvalue weighted by molar-refractivity contribution is -0.136. The van der Waals surface area contributed by atoms with Gasteiger partial charge in [-0.05, 0) is 36.4 Å². The van der Waals surface area contributed by atoms with Gasteiger partial charge >= 0.3 is 6.18 Å². The molecule has 1 amide bonds. The largest absolute Gasteiger partial charge is 0.497 e. The highest BCUT2D eigenvalue weighted by molar-refractivity contribution is 7.21. The first kappa shape index (κ1) is 18.8. The first-order chi connectivity index (χ1) is 12.2. The molecule has 1 aromatic heterocycles. The second-order valence-corrected chi connectivity index (χ2v) is 7.12. The molecule has 1 heterocycles. The molecule has 0 saturated heterocycles. The van der Waals surface area contributed by atoms with Gasteiger partial charge < -0.3 is 10.1 Å². The van der Waals surface area contributed by atoms with Crippen LogP contribution in [-0.2, 0) is 6.18 Å². The average Bonchev–Trinajstić information content (AvgIpc) is 2.91. The first-order valence-corrected chi connectivity index (χ1v) is 8.72. The minimum Gasteiger partial charge on any atom is -0.497 e. The van der Waals surface area contributed by atoms with E-state index in [-0.39, 0.29) is 14.9 Å². The molecule has 3 nitrogen and oxygen atoms in total. The van der Waals surface area contributed by atoms with Gasteiger partial charge in [-0.15, -0.1) is 11.3 Å². The van der Waals surface area contributed by atoms with Crippen LogP contribution >= 0.6 is 34.5 Å². The Balaban J connectivity index is 1.99. The van der Waals surface area contributed by atoms with Crippen LogP contribution in [0.15, 0.2) is 36.4 Å². The number of ether oxygens (including phenoxy) is 1. The number of thiophene rings is 1. The van der Waals surface area contributed by atoms with Crippen molar-refractivity contribution in [1.29, 1.82) is 0 Å². The third-order valence-corrected chi connectivity index (χ3v) is 5.47. The molecule has 0 atom stereocenters. The molecule has 0 fully saturated rings. The van der Waals surface area contributed by atoms with Crippen LogP contribution in [-0.4, -0.2) is 13.0 Å². The summed E-state index contributed by atoms with van der Waals surface area (Å²) in [7, 11) is 1.50. The number of hydrogen-bond acceptors (Lipinski definition) is 3. The molecular formula is C17H10Cl2F3NO2S. The Morgan fingerprint density at radius 3 is 2.54 bits per heavy atom. The van der Waals surface area contributed by atoms with E-state index in [4.69, 9.17) is 27.9 Å². The maximum Gasteiger partial charge on any atom is 0.418 e. The van der Waals surface area contributed by atoms with Crippen LogP contribution in [0.2, 0.25) is 10.0 Å². The van der Waals surface area contributed by atoms with Gasteiger partial charge in [0.15, 0.2) is 0 Å². The second-order valence-electron chi connectivity index (χ2n) is 5.25. The number of methoxy groups -OCH3 is 1. The van der Waals surface area contributed by atoms with Gasteiger partial charge in [0, 0.05) is 15.1 Å². The topological polar surface area (TPSA) is 38.3 Å². The van der Waals surface area contributed by atoms with Gasteiger partial charge in [-0.1, -0.05) is 23.2 Å². The Kier molecular flexibility index (Phi) is 5.05. The van der Waals surface area contributed by atoms with E-state index < -0.39 is 23.3 Å². The van der Waals surface area contributed by atoms with Gasteiger partial charge in [0.2, 0.25) is 0 Å². The van der Waals surface area contributed by atoms with Crippen molar-refractivity contribution in [2.24, 2.45) is 0 Å². The molecule has 9 heteroatoms. The van der Waals surface area contributed by atoms with E-state index in [0.29, 0.717) is 15.8 Å². The molecule has 1 N–H and O–H groups in total. The van der Waals surface area contributed by atoms with Gasteiger partial charge in [-0.3, -0.25) is 4.79 Å². The van der Waals surface area contributed by atoms with Crippen molar-refractivity contribution in [1.82, 2.24) is 0 Å². The summed E-state index contributed by atoms with van der Waals surface area (Å²) < 4.78 is 45.3. The monoisotopic (exact) mass is 419 g/mol. The highest BCUT2D eigenvalue weighted by atomic mass is 35.5. The number of fused-ring (bicyclic) bond motifs is 1. The van der Waals surface area contributed by atoms with E-state index in [1.165, 1.54) is 13.2 Å². The number of carbonyl (C=O) groups is 1. The molecule has 136 valence electrons. The average molecular weight is 420 g/mol. The van der Waals surface area contributed by atoms with Gasteiger partial charge in [0.1, 0.15) is 10.6 Å². The molecule has 2 aromatic carbocycles. The van der Waals surface area contributed by atoms with E-state index in [9.17, 15) is 18.0 Å². The summed E-state index contributed by atoms with van der Waals surface area (Å²) in [6, 6.07) is 8.20. The first-order valence-electron chi connectivity index (χ1n) is 7.15. The van der Waals surface area contributed by atoms with Gasteiger partial charge in [-0.25, -0.2) is 0 Å². The van der Waals surface area contributed by atoms with Crippen molar-refractivity contribution in [3.05, 3.63) is 56.9 Å². The fraction of sp³-hybridized carbons (Fsp3) is 0.118. The predicted octanol–water partition coefficient (Wildman–Crippen LogP) is 6.49. The molecule has 0 bridgehead atoms. The second kappa shape index (κ2) is 6.98. The summed E-state index contributed by atoms with van der Waals surface area (Å²) in [5.41, 5.74) is -1.42. The maximum absolute atomic E-state index is 13.2. The molecule has 0 aliphatic heterocycles. The molecule has 0 spiro atoms. The number of benzene rings is 2. The Hall–Kier alpha value is -1.96. The summed E-state index contributed by atoms with van der Waals surface area (Å²) in [4.78, 5) is 12.6. The zero-order valence-electron chi connectivity index (χ0n) is 13.1. The van der Waals surface area contributed by atoms with Crippen LogP contribution in [0.1, 0.15) is 15.2 Å². The summed E-state index contributed by atoms with van der Waals surface area (Å²) in [6.07, 6.45) is -4.66. The minimum atomic E-state index is -4.66. The molecule has 0 unspecified atom stereocenters. The Labute approximate surface area is 160 Å². The number of carbonyl (C=O) groups excluding carboxylic acids is 1. The maximum atomic E-state index is 13.2. The van der Waals surface area contributed by atoms with Crippen LogP contribution in [0.4, 0.5) is 18.9 Å². The van der Waals surface area contributed by atoms with Crippen LogP contribution in [0.25, 0.3) is 10.1 Å². The molecular weight excluding hydrogens is 410 g/mol. The summed E-state index contributed by atoms with van der Waals surface area (Å²) in [5.74, 6) is -0.151. The van der Waals surface area contributed by atoms with Gasteiger partial charge in [-0.2, -0.15) is 13.2 Å². The summed E-state index contributed by atoms with van der Waals surface area (Å²) in [5, 5.41) is 2.98. The van der Waals surface area contributed by atoms with Crippen molar-refractivity contribution in [3.63, 3.8) is 0 Å². The van der Waals surface area contributed by atoms with E-state index in [0.717, 1.165) is 23.5 Å². The number of hydrogen-bond donors (Lipinski definition) is 1. The molecule has 26 heavy (non-hydrogen) atoms. The van der Waals surface area contributed by atoms with Crippen molar-refractivity contribution in [2.45, 2.75) is 6.18 Å². The lowest BCUT2D eigenvalue weighted by atomic mass is 10.1.